The first-order valence-electron chi connectivity index (χ1n) is 5.18. The molecular weight excluding hydrogens is 187 g/mol. The van der Waals surface area contributed by atoms with Crippen molar-refractivity contribution in [2.45, 2.75) is 32.2 Å². The Morgan fingerprint density at radius 3 is 2.27 bits per heavy atom. The first-order chi connectivity index (χ1) is 6.90. The molecule has 2 nitrogen and oxygen atoms in total. The average Bonchev–Trinajstić information content (AvgIpc) is 2.15. The molecule has 0 fully saturated rings. The predicted octanol–water partition coefficient (Wildman–Crippen LogP) is 1.70. The zero-order valence-electron chi connectivity index (χ0n) is 9.78. The van der Waals surface area contributed by atoms with Crippen LogP contribution in [0.5, 0.6) is 0 Å². The summed E-state index contributed by atoms with van der Waals surface area (Å²) in [6, 6.07) is 9.67. The smallest absolute Gasteiger partial charge is 0.305 e. The molecule has 0 aliphatic rings. The number of ether oxygens (including phenoxy) is 1. The Morgan fingerprint density at radius 2 is 1.80 bits per heavy atom. The van der Waals surface area contributed by atoms with Gasteiger partial charge in [-0.1, -0.05) is 30.3 Å². The minimum absolute atomic E-state index is 0.172. The Bertz CT molecular complexity index is 327. The van der Waals surface area contributed by atoms with E-state index in [1.165, 1.54) is 0 Å². The number of carbonyl (C=O) groups excluding carboxylic acids is 1. The molecule has 1 rings (SSSR count). The van der Waals surface area contributed by atoms with Crippen LogP contribution in [0, 0.1) is 0 Å². The van der Waals surface area contributed by atoms with Crippen LogP contribution in [0.1, 0.15) is 32.2 Å². The van der Waals surface area contributed by atoms with Crippen LogP contribution in [0.3, 0.4) is 0 Å². The van der Waals surface area contributed by atoms with E-state index in [4.69, 9.17) is 4.74 Å². The van der Waals surface area contributed by atoms with Gasteiger partial charge in [-0.2, -0.15) is 0 Å². The molecule has 1 unspecified atom stereocenters. The maximum atomic E-state index is 11.7. The van der Waals surface area contributed by atoms with Gasteiger partial charge in [-0.05, 0) is 26.3 Å². The molecule has 1 aromatic rings. The quantitative estimate of drug-likeness (QED) is 0.541. The third-order valence-corrected chi connectivity index (χ3v) is 2.06. The van der Waals surface area contributed by atoms with Gasteiger partial charge in [-0.15, -0.1) is 0 Å². The SMILES string of the molecule is BC(C(=O)OC(C)(C)C)c1ccccc1. The molecule has 15 heavy (non-hydrogen) atoms. The Kier molecular flexibility index (Phi) is 3.56. The summed E-state index contributed by atoms with van der Waals surface area (Å²) in [5, 5.41) is 0. The lowest BCUT2D eigenvalue weighted by Crippen LogP contribution is -2.27. The number of esters is 1. The van der Waals surface area contributed by atoms with Gasteiger partial charge in [0.15, 0.2) is 0 Å². The van der Waals surface area contributed by atoms with Gasteiger partial charge in [0.2, 0.25) is 0 Å². The van der Waals surface area contributed by atoms with Crippen molar-refractivity contribution in [2.75, 3.05) is 0 Å². The van der Waals surface area contributed by atoms with Crippen molar-refractivity contribution in [3.63, 3.8) is 0 Å². The summed E-state index contributed by atoms with van der Waals surface area (Å²) < 4.78 is 5.31. The molecule has 0 aliphatic carbocycles. The van der Waals surface area contributed by atoms with Crippen LogP contribution in [-0.4, -0.2) is 19.4 Å². The second-order valence-corrected chi connectivity index (χ2v) is 4.67. The highest BCUT2D eigenvalue weighted by molar-refractivity contribution is 6.23. The lowest BCUT2D eigenvalue weighted by Gasteiger charge is -2.22. The molecule has 0 spiro atoms. The standard InChI is InChI=1S/C12H17BO2/c1-12(2,3)15-11(14)10(13)9-7-5-4-6-8-9/h4-8,10H,13H2,1-3H3. The molecule has 0 saturated carbocycles. The van der Waals surface area contributed by atoms with Crippen LogP contribution in [0.25, 0.3) is 0 Å². The van der Waals surface area contributed by atoms with E-state index in [1.54, 1.807) is 0 Å². The first-order valence-corrected chi connectivity index (χ1v) is 5.18. The summed E-state index contributed by atoms with van der Waals surface area (Å²) in [6.07, 6.45) is 0. The molecule has 0 saturated heterocycles. The molecule has 1 atom stereocenters. The van der Waals surface area contributed by atoms with Crippen molar-refractivity contribution in [3.05, 3.63) is 35.9 Å². The molecule has 1 aromatic carbocycles. The molecule has 0 aliphatic heterocycles. The van der Waals surface area contributed by atoms with E-state index in [-0.39, 0.29) is 11.8 Å². The summed E-state index contributed by atoms with van der Waals surface area (Å²) in [4.78, 5) is 11.7. The Balaban J connectivity index is 2.70. The van der Waals surface area contributed by atoms with Crippen LogP contribution in [0.15, 0.2) is 30.3 Å². The summed E-state index contributed by atoms with van der Waals surface area (Å²) in [5.41, 5.74) is 0.576. The highest BCUT2D eigenvalue weighted by Crippen LogP contribution is 2.17. The van der Waals surface area contributed by atoms with Crippen molar-refractivity contribution in [1.82, 2.24) is 0 Å². The monoisotopic (exact) mass is 204 g/mol. The normalized spacial score (nSPS) is 13.3. The van der Waals surface area contributed by atoms with Gasteiger partial charge in [-0.3, -0.25) is 4.79 Å². The van der Waals surface area contributed by atoms with Crippen LogP contribution in [0.2, 0.25) is 0 Å². The fourth-order valence-corrected chi connectivity index (χ4v) is 1.27. The molecule has 80 valence electrons. The minimum atomic E-state index is -0.417. The van der Waals surface area contributed by atoms with E-state index in [0.29, 0.717) is 0 Å². The number of carbonyl (C=O) groups is 1. The minimum Gasteiger partial charge on any atom is -0.460 e. The van der Waals surface area contributed by atoms with Crippen LogP contribution >= 0.6 is 0 Å². The molecule has 0 N–H and O–H groups in total. The molecule has 0 bridgehead atoms. The van der Waals surface area contributed by atoms with E-state index < -0.39 is 5.60 Å². The topological polar surface area (TPSA) is 26.3 Å². The summed E-state index contributed by atoms with van der Waals surface area (Å²) in [6.45, 7) is 5.63. The molecular formula is C12H17BO2. The van der Waals surface area contributed by atoms with Crippen molar-refractivity contribution in [1.29, 1.82) is 0 Å². The fourth-order valence-electron chi connectivity index (χ4n) is 1.27. The van der Waals surface area contributed by atoms with E-state index in [9.17, 15) is 4.79 Å². The number of hydrogen-bond donors (Lipinski definition) is 0. The van der Waals surface area contributed by atoms with Gasteiger partial charge in [0.25, 0.3) is 0 Å². The van der Waals surface area contributed by atoms with Crippen molar-refractivity contribution >= 4 is 13.8 Å². The van der Waals surface area contributed by atoms with Gasteiger partial charge < -0.3 is 4.74 Å². The summed E-state index contributed by atoms with van der Waals surface area (Å²) in [5.74, 6) is -0.376. The average molecular weight is 204 g/mol. The zero-order chi connectivity index (χ0) is 11.5. The van der Waals surface area contributed by atoms with E-state index in [2.05, 4.69) is 0 Å². The Labute approximate surface area is 92.0 Å². The highest BCUT2D eigenvalue weighted by Gasteiger charge is 2.22. The highest BCUT2D eigenvalue weighted by atomic mass is 16.6. The number of benzene rings is 1. The van der Waals surface area contributed by atoms with Gasteiger partial charge in [0.05, 0.1) is 5.82 Å². The molecule has 3 heteroatoms. The fraction of sp³-hybridized carbons (Fsp3) is 0.417. The molecule has 0 aromatic heterocycles. The lowest BCUT2D eigenvalue weighted by atomic mass is 9.81. The van der Waals surface area contributed by atoms with E-state index >= 15 is 0 Å². The third kappa shape index (κ3) is 3.78. The summed E-state index contributed by atoms with van der Waals surface area (Å²) >= 11 is 0. The van der Waals surface area contributed by atoms with E-state index in [0.717, 1.165) is 5.56 Å². The van der Waals surface area contributed by atoms with Gasteiger partial charge >= 0.3 is 5.97 Å². The molecule has 0 radical (unpaired) electrons. The lowest BCUT2D eigenvalue weighted by molar-refractivity contribution is -0.154. The van der Waals surface area contributed by atoms with Crippen LogP contribution in [0.4, 0.5) is 0 Å². The Hall–Kier alpha value is -1.25. The third-order valence-electron chi connectivity index (χ3n) is 2.06. The molecule has 0 amide bonds. The van der Waals surface area contributed by atoms with Crippen molar-refractivity contribution in [2.24, 2.45) is 0 Å². The number of rotatable bonds is 2. The van der Waals surface area contributed by atoms with Gasteiger partial charge in [-0.25, -0.2) is 0 Å². The van der Waals surface area contributed by atoms with Gasteiger partial charge in [0, 0.05) is 0 Å². The second kappa shape index (κ2) is 4.52. The molecule has 0 heterocycles. The zero-order valence-corrected chi connectivity index (χ0v) is 9.78. The predicted molar refractivity (Wildman–Crippen MR) is 63.6 cm³/mol. The second-order valence-electron chi connectivity index (χ2n) is 4.67. The maximum absolute atomic E-state index is 11.7. The Morgan fingerprint density at radius 1 is 1.27 bits per heavy atom. The number of hydrogen-bond acceptors (Lipinski definition) is 2. The first kappa shape index (κ1) is 11.8. The van der Waals surface area contributed by atoms with Crippen LogP contribution in [-0.2, 0) is 9.53 Å². The van der Waals surface area contributed by atoms with Crippen molar-refractivity contribution < 1.29 is 9.53 Å². The van der Waals surface area contributed by atoms with E-state index in [1.807, 2.05) is 58.9 Å². The largest absolute Gasteiger partial charge is 0.460 e. The maximum Gasteiger partial charge on any atom is 0.305 e. The summed E-state index contributed by atoms with van der Waals surface area (Å²) in [7, 11) is 1.86. The van der Waals surface area contributed by atoms with Crippen LogP contribution < -0.4 is 0 Å². The van der Waals surface area contributed by atoms with Gasteiger partial charge in [0.1, 0.15) is 13.4 Å². The van der Waals surface area contributed by atoms with Crippen molar-refractivity contribution in [3.8, 4) is 0 Å².